The summed E-state index contributed by atoms with van der Waals surface area (Å²) >= 11 is 0. The SMILES string of the molecule is CCCCCC[C@H](C)O[C@@H]1OC[C@H]2CC(C)=C(C)C[C@H]2C1=O. The topological polar surface area (TPSA) is 35.5 Å². The van der Waals surface area contributed by atoms with Gasteiger partial charge in [-0.1, -0.05) is 43.8 Å². The Balaban J connectivity index is 1.83. The molecule has 0 spiro atoms. The molecule has 0 aromatic rings. The van der Waals surface area contributed by atoms with Crippen LogP contribution in [-0.4, -0.2) is 24.8 Å². The second-order valence-corrected chi connectivity index (χ2v) is 7.20. The van der Waals surface area contributed by atoms with Gasteiger partial charge in [0.2, 0.25) is 6.29 Å². The predicted molar refractivity (Wildman–Crippen MR) is 88.6 cm³/mol. The molecule has 22 heavy (non-hydrogen) atoms. The maximum absolute atomic E-state index is 12.7. The van der Waals surface area contributed by atoms with Gasteiger partial charge >= 0.3 is 0 Å². The van der Waals surface area contributed by atoms with Crippen LogP contribution in [0.15, 0.2) is 11.1 Å². The van der Waals surface area contributed by atoms with Crippen molar-refractivity contribution in [2.45, 2.75) is 85.0 Å². The first kappa shape index (κ1) is 17.7. The maximum Gasteiger partial charge on any atom is 0.218 e. The van der Waals surface area contributed by atoms with Crippen molar-refractivity contribution in [1.29, 1.82) is 0 Å². The van der Waals surface area contributed by atoms with Gasteiger partial charge in [0.05, 0.1) is 12.7 Å². The molecule has 1 aliphatic carbocycles. The van der Waals surface area contributed by atoms with E-state index in [9.17, 15) is 4.79 Å². The first-order valence-electron chi connectivity index (χ1n) is 8.99. The van der Waals surface area contributed by atoms with Crippen molar-refractivity contribution in [2.75, 3.05) is 6.61 Å². The van der Waals surface area contributed by atoms with Crippen LogP contribution >= 0.6 is 0 Å². The number of carbonyl (C=O) groups is 1. The monoisotopic (exact) mass is 308 g/mol. The highest BCUT2D eigenvalue weighted by molar-refractivity contribution is 5.85. The van der Waals surface area contributed by atoms with Gasteiger partial charge in [-0.15, -0.1) is 0 Å². The molecular formula is C19H32O3. The van der Waals surface area contributed by atoms with Gasteiger partial charge in [-0.3, -0.25) is 4.79 Å². The van der Waals surface area contributed by atoms with Gasteiger partial charge in [-0.2, -0.15) is 0 Å². The minimum Gasteiger partial charge on any atom is -0.346 e. The number of carbonyl (C=O) groups excluding carboxylic acids is 1. The number of rotatable bonds is 7. The number of allylic oxidation sites excluding steroid dienone is 2. The molecule has 1 heterocycles. The Kier molecular flexibility index (Phi) is 6.64. The van der Waals surface area contributed by atoms with E-state index < -0.39 is 6.29 Å². The van der Waals surface area contributed by atoms with Crippen LogP contribution < -0.4 is 0 Å². The van der Waals surface area contributed by atoms with Crippen LogP contribution in [0, 0.1) is 11.8 Å². The molecule has 0 aromatic heterocycles. The van der Waals surface area contributed by atoms with Gasteiger partial charge < -0.3 is 9.47 Å². The first-order chi connectivity index (χ1) is 10.5. The van der Waals surface area contributed by atoms with Crippen LogP contribution in [0.4, 0.5) is 0 Å². The highest BCUT2D eigenvalue weighted by Crippen LogP contribution is 2.38. The van der Waals surface area contributed by atoms with Crippen LogP contribution in [-0.2, 0) is 14.3 Å². The summed E-state index contributed by atoms with van der Waals surface area (Å²) in [5.41, 5.74) is 2.81. The van der Waals surface area contributed by atoms with E-state index in [1.54, 1.807) is 0 Å². The molecule has 0 bridgehead atoms. The van der Waals surface area contributed by atoms with Gasteiger partial charge in [-0.25, -0.2) is 0 Å². The van der Waals surface area contributed by atoms with Crippen molar-refractivity contribution in [1.82, 2.24) is 0 Å². The molecule has 1 aliphatic heterocycles. The van der Waals surface area contributed by atoms with Crippen molar-refractivity contribution in [3.05, 3.63) is 11.1 Å². The second-order valence-electron chi connectivity index (χ2n) is 7.20. The zero-order chi connectivity index (χ0) is 16.1. The van der Waals surface area contributed by atoms with Crippen molar-refractivity contribution < 1.29 is 14.3 Å². The fourth-order valence-electron chi connectivity index (χ4n) is 3.60. The number of hydrogen-bond donors (Lipinski definition) is 0. The lowest BCUT2D eigenvalue weighted by atomic mass is 9.73. The molecule has 1 saturated heterocycles. The fourth-order valence-corrected chi connectivity index (χ4v) is 3.60. The van der Waals surface area contributed by atoms with Crippen LogP contribution in [0.25, 0.3) is 0 Å². The van der Waals surface area contributed by atoms with E-state index in [4.69, 9.17) is 9.47 Å². The van der Waals surface area contributed by atoms with E-state index in [2.05, 4.69) is 27.7 Å². The van der Waals surface area contributed by atoms with Gasteiger partial charge in [0.25, 0.3) is 0 Å². The summed E-state index contributed by atoms with van der Waals surface area (Å²) in [5.74, 6) is 0.633. The molecule has 2 aliphatic rings. The van der Waals surface area contributed by atoms with Crippen LogP contribution in [0.1, 0.15) is 72.6 Å². The lowest BCUT2D eigenvalue weighted by Gasteiger charge is -2.39. The number of hydrogen-bond acceptors (Lipinski definition) is 3. The third kappa shape index (κ3) is 4.42. The van der Waals surface area contributed by atoms with Gasteiger partial charge in [-0.05, 0) is 46.0 Å². The van der Waals surface area contributed by atoms with Crippen molar-refractivity contribution >= 4 is 5.78 Å². The summed E-state index contributed by atoms with van der Waals surface area (Å²) < 4.78 is 11.7. The fraction of sp³-hybridized carbons (Fsp3) is 0.842. The lowest BCUT2D eigenvalue weighted by Crippen LogP contribution is -2.46. The predicted octanol–water partition coefficient (Wildman–Crippen LogP) is 4.65. The molecule has 126 valence electrons. The molecule has 0 unspecified atom stereocenters. The number of ether oxygens (including phenoxy) is 2. The molecule has 0 amide bonds. The summed E-state index contributed by atoms with van der Waals surface area (Å²) in [4.78, 5) is 12.7. The summed E-state index contributed by atoms with van der Waals surface area (Å²) in [5, 5.41) is 0. The van der Waals surface area contributed by atoms with E-state index in [1.807, 2.05) is 0 Å². The van der Waals surface area contributed by atoms with Crippen molar-refractivity contribution in [3.63, 3.8) is 0 Å². The Labute approximate surface area is 135 Å². The zero-order valence-electron chi connectivity index (χ0n) is 14.7. The lowest BCUT2D eigenvalue weighted by molar-refractivity contribution is -0.206. The smallest absolute Gasteiger partial charge is 0.218 e. The third-order valence-corrected chi connectivity index (χ3v) is 5.27. The molecule has 4 atom stereocenters. The van der Waals surface area contributed by atoms with Crippen LogP contribution in [0.5, 0.6) is 0 Å². The highest BCUT2D eigenvalue weighted by Gasteiger charge is 2.42. The Bertz CT molecular complexity index is 413. The standard InChI is InChI=1S/C19H32O3/c1-5-6-7-8-9-15(4)22-19-18(20)17-11-14(3)13(2)10-16(17)12-21-19/h15-17,19H,5-12H2,1-4H3/t15-,16+,17+,19-/m0/s1. The number of fused-ring (bicyclic) bond motifs is 1. The van der Waals surface area contributed by atoms with E-state index in [0.29, 0.717) is 12.5 Å². The molecular weight excluding hydrogens is 276 g/mol. The summed E-state index contributed by atoms with van der Waals surface area (Å²) in [6.45, 7) is 9.27. The Morgan fingerprint density at radius 1 is 1.18 bits per heavy atom. The minimum atomic E-state index is -0.631. The van der Waals surface area contributed by atoms with E-state index in [0.717, 1.165) is 19.3 Å². The van der Waals surface area contributed by atoms with E-state index in [-0.39, 0.29) is 17.8 Å². The average molecular weight is 308 g/mol. The number of ketones is 1. The van der Waals surface area contributed by atoms with Crippen molar-refractivity contribution in [3.8, 4) is 0 Å². The van der Waals surface area contributed by atoms with Gasteiger partial charge in [0.1, 0.15) is 0 Å². The molecule has 0 aromatic carbocycles. The normalized spacial score (nSPS) is 30.4. The van der Waals surface area contributed by atoms with Gasteiger partial charge in [0.15, 0.2) is 5.78 Å². The number of Topliss-reactive ketones (excluding diaryl/α,β-unsaturated/α-hetero) is 1. The Morgan fingerprint density at radius 3 is 2.64 bits per heavy atom. The quantitative estimate of drug-likeness (QED) is 0.507. The Hall–Kier alpha value is -0.670. The van der Waals surface area contributed by atoms with E-state index >= 15 is 0 Å². The first-order valence-corrected chi connectivity index (χ1v) is 8.99. The third-order valence-electron chi connectivity index (χ3n) is 5.27. The molecule has 0 radical (unpaired) electrons. The minimum absolute atomic E-state index is 0.101. The van der Waals surface area contributed by atoms with E-state index in [1.165, 1.54) is 36.8 Å². The zero-order valence-corrected chi connectivity index (χ0v) is 14.7. The van der Waals surface area contributed by atoms with Crippen LogP contribution in [0.2, 0.25) is 0 Å². The second kappa shape index (κ2) is 8.26. The largest absolute Gasteiger partial charge is 0.346 e. The highest BCUT2D eigenvalue weighted by atomic mass is 16.7. The molecule has 3 heteroatoms. The van der Waals surface area contributed by atoms with Gasteiger partial charge in [0, 0.05) is 5.92 Å². The molecule has 2 rings (SSSR count). The molecule has 1 fully saturated rings. The van der Waals surface area contributed by atoms with Crippen molar-refractivity contribution in [2.24, 2.45) is 11.8 Å². The molecule has 3 nitrogen and oxygen atoms in total. The average Bonchev–Trinajstić information content (AvgIpc) is 2.49. The van der Waals surface area contributed by atoms with Crippen LogP contribution in [0.3, 0.4) is 0 Å². The summed E-state index contributed by atoms with van der Waals surface area (Å²) in [6.07, 6.45) is 7.32. The molecule has 0 saturated carbocycles. The summed E-state index contributed by atoms with van der Waals surface area (Å²) in [6, 6.07) is 0. The Morgan fingerprint density at radius 2 is 1.91 bits per heavy atom. The summed E-state index contributed by atoms with van der Waals surface area (Å²) in [7, 11) is 0. The number of unbranched alkanes of at least 4 members (excludes halogenated alkanes) is 3. The molecule has 0 N–H and O–H groups in total. The maximum atomic E-state index is 12.7.